The predicted octanol–water partition coefficient (Wildman–Crippen LogP) is 0.274. The smallest absolute Gasteiger partial charge is 0.269 e. The van der Waals surface area contributed by atoms with Gasteiger partial charge in [0.05, 0.1) is 6.61 Å². The van der Waals surface area contributed by atoms with E-state index in [-0.39, 0.29) is 17.9 Å². The average molecular weight is 238 g/mol. The lowest BCUT2D eigenvalue weighted by molar-refractivity contribution is 0.0876. The predicted molar refractivity (Wildman–Crippen MR) is 63.3 cm³/mol. The third kappa shape index (κ3) is 2.58. The van der Waals surface area contributed by atoms with Crippen molar-refractivity contribution < 1.29 is 9.90 Å². The highest BCUT2D eigenvalue weighted by atomic mass is 16.3. The Balaban J connectivity index is 1.91. The number of hydrogen-bond acceptors (Lipinski definition) is 4. The highest BCUT2D eigenvalue weighted by Gasteiger charge is 2.33. The minimum Gasteiger partial charge on any atom is -0.396 e. The summed E-state index contributed by atoms with van der Waals surface area (Å²) in [5.41, 5.74) is 5.64. The number of nitrogens with two attached hydrogens (primary N) is 1. The number of aliphatic hydroxyl groups is 1. The maximum atomic E-state index is 11.8. The van der Waals surface area contributed by atoms with Crippen LogP contribution in [0.2, 0.25) is 0 Å². The standard InChI is InChI=1S/C11H18N4O2/c12-9-5-8(14-15-9)10(17)13-6-11(7-16)3-1-2-4-11/h5,16H,1-4,6-7H2,(H,13,17)(H3,12,14,15). The third-order valence-electron chi connectivity index (χ3n) is 3.47. The van der Waals surface area contributed by atoms with Crippen LogP contribution in [-0.2, 0) is 0 Å². The van der Waals surface area contributed by atoms with Gasteiger partial charge in [-0.05, 0) is 12.8 Å². The van der Waals surface area contributed by atoms with Crippen LogP contribution in [0.3, 0.4) is 0 Å². The molecule has 1 aromatic rings. The Kier molecular flexibility index (Phi) is 3.33. The van der Waals surface area contributed by atoms with E-state index in [1.165, 1.54) is 6.07 Å². The monoisotopic (exact) mass is 238 g/mol. The molecule has 0 atom stereocenters. The number of carbonyl (C=O) groups excluding carboxylic acids is 1. The lowest BCUT2D eigenvalue weighted by Crippen LogP contribution is -2.38. The lowest BCUT2D eigenvalue weighted by Gasteiger charge is -2.26. The SMILES string of the molecule is Nc1cc(C(=O)NCC2(CO)CCCC2)[nH]n1. The van der Waals surface area contributed by atoms with Crippen molar-refractivity contribution in [3.63, 3.8) is 0 Å². The number of rotatable bonds is 4. The molecule has 0 radical (unpaired) electrons. The van der Waals surface area contributed by atoms with Crippen LogP contribution >= 0.6 is 0 Å². The number of nitrogens with one attached hydrogen (secondary N) is 2. The second-order valence-corrected chi connectivity index (χ2v) is 4.75. The fraction of sp³-hybridized carbons (Fsp3) is 0.636. The number of aromatic amines is 1. The van der Waals surface area contributed by atoms with Crippen LogP contribution in [0.4, 0.5) is 5.82 Å². The number of amides is 1. The summed E-state index contributed by atoms with van der Waals surface area (Å²) < 4.78 is 0. The highest BCUT2D eigenvalue weighted by Crippen LogP contribution is 2.36. The highest BCUT2D eigenvalue weighted by molar-refractivity contribution is 5.92. The number of aromatic nitrogens is 2. The van der Waals surface area contributed by atoms with Gasteiger partial charge in [-0.1, -0.05) is 12.8 Å². The average Bonchev–Trinajstić information content (AvgIpc) is 2.95. The number of aliphatic hydroxyl groups excluding tert-OH is 1. The molecule has 2 rings (SSSR count). The minimum atomic E-state index is -0.228. The molecule has 6 nitrogen and oxygen atoms in total. The molecule has 0 bridgehead atoms. The van der Waals surface area contributed by atoms with E-state index in [9.17, 15) is 9.90 Å². The molecule has 1 saturated carbocycles. The Bertz CT molecular complexity index is 396. The summed E-state index contributed by atoms with van der Waals surface area (Å²) in [6, 6.07) is 1.50. The summed E-state index contributed by atoms with van der Waals surface area (Å²) in [6.07, 6.45) is 4.17. The number of nitrogens with zero attached hydrogens (tertiary/aromatic N) is 1. The van der Waals surface area contributed by atoms with Gasteiger partial charge >= 0.3 is 0 Å². The first-order valence-electron chi connectivity index (χ1n) is 5.85. The first-order chi connectivity index (χ1) is 8.15. The van der Waals surface area contributed by atoms with E-state index >= 15 is 0 Å². The minimum absolute atomic E-state index is 0.123. The van der Waals surface area contributed by atoms with Gasteiger partial charge in [0.1, 0.15) is 11.5 Å². The van der Waals surface area contributed by atoms with Gasteiger partial charge in [0.25, 0.3) is 5.91 Å². The second-order valence-electron chi connectivity index (χ2n) is 4.75. The van der Waals surface area contributed by atoms with Crippen LogP contribution in [0.15, 0.2) is 6.07 Å². The Morgan fingerprint density at radius 1 is 1.59 bits per heavy atom. The normalized spacial score (nSPS) is 18.2. The molecule has 17 heavy (non-hydrogen) atoms. The summed E-state index contributed by atoms with van der Waals surface area (Å²) in [7, 11) is 0. The summed E-state index contributed by atoms with van der Waals surface area (Å²) in [6.45, 7) is 0.625. The number of carbonyl (C=O) groups is 1. The van der Waals surface area contributed by atoms with Gasteiger partial charge in [-0.2, -0.15) is 5.10 Å². The Morgan fingerprint density at radius 3 is 2.82 bits per heavy atom. The zero-order valence-corrected chi connectivity index (χ0v) is 9.70. The molecule has 1 fully saturated rings. The first kappa shape index (κ1) is 11.9. The summed E-state index contributed by atoms with van der Waals surface area (Å²) >= 11 is 0. The van der Waals surface area contributed by atoms with Crippen molar-refractivity contribution in [3.8, 4) is 0 Å². The maximum Gasteiger partial charge on any atom is 0.269 e. The fourth-order valence-corrected chi connectivity index (χ4v) is 2.33. The van der Waals surface area contributed by atoms with Crippen molar-refractivity contribution in [2.75, 3.05) is 18.9 Å². The van der Waals surface area contributed by atoms with Crippen molar-refractivity contribution >= 4 is 11.7 Å². The molecule has 0 spiro atoms. The van der Waals surface area contributed by atoms with Crippen molar-refractivity contribution in [1.29, 1.82) is 0 Å². The first-order valence-corrected chi connectivity index (χ1v) is 5.85. The largest absolute Gasteiger partial charge is 0.396 e. The third-order valence-corrected chi connectivity index (χ3v) is 3.47. The quantitative estimate of drug-likeness (QED) is 0.604. The van der Waals surface area contributed by atoms with Crippen molar-refractivity contribution in [3.05, 3.63) is 11.8 Å². The molecule has 5 N–H and O–H groups in total. The zero-order chi connectivity index (χ0) is 12.3. The van der Waals surface area contributed by atoms with E-state index in [4.69, 9.17) is 5.73 Å². The summed E-state index contributed by atoms with van der Waals surface area (Å²) in [4.78, 5) is 11.8. The summed E-state index contributed by atoms with van der Waals surface area (Å²) in [5, 5.41) is 18.5. The molecule has 1 aromatic heterocycles. The van der Waals surface area contributed by atoms with Gasteiger partial charge < -0.3 is 16.2 Å². The van der Waals surface area contributed by atoms with Gasteiger partial charge in [-0.25, -0.2) is 0 Å². The fourth-order valence-electron chi connectivity index (χ4n) is 2.33. The Labute approximate surface area is 99.6 Å². The topological polar surface area (TPSA) is 104 Å². The van der Waals surface area contributed by atoms with Gasteiger partial charge in [0.15, 0.2) is 0 Å². The van der Waals surface area contributed by atoms with Crippen LogP contribution in [0.25, 0.3) is 0 Å². The molecule has 0 aromatic carbocycles. The van der Waals surface area contributed by atoms with Gasteiger partial charge in [0.2, 0.25) is 0 Å². The van der Waals surface area contributed by atoms with Gasteiger partial charge in [-0.15, -0.1) is 0 Å². The summed E-state index contributed by atoms with van der Waals surface area (Å²) in [5.74, 6) is 0.0711. The van der Waals surface area contributed by atoms with Crippen LogP contribution in [0, 0.1) is 5.41 Å². The molecule has 1 amide bonds. The van der Waals surface area contributed by atoms with Crippen LogP contribution in [0.5, 0.6) is 0 Å². The van der Waals surface area contributed by atoms with E-state index in [1.54, 1.807) is 0 Å². The molecular formula is C11H18N4O2. The molecule has 6 heteroatoms. The second kappa shape index (κ2) is 4.75. The molecule has 0 aliphatic heterocycles. The Hall–Kier alpha value is -1.56. The van der Waals surface area contributed by atoms with Crippen LogP contribution in [-0.4, -0.2) is 34.4 Å². The van der Waals surface area contributed by atoms with Gasteiger partial charge in [0, 0.05) is 18.0 Å². The molecule has 1 aliphatic carbocycles. The molecule has 0 saturated heterocycles. The van der Waals surface area contributed by atoms with E-state index < -0.39 is 0 Å². The molecule has 1 heterocycles. The van der Waals surface area contributed by atoms with E-state index in [0.29, 0.717) is 18.1 Å². The molecule has 94 valence electrons. The van der Waals surface area contributed by atoms with E-state index in [0.717, 1.165) is 25.7 Å². The lowest BCUT2D eigenvalue weighted by atomic mass is 9.87. The maximum absolute atomic E-state index is 11.8. The van der Waals surface area contributed by atoms with Gasteiger partial charge in [-0.3, -0.25) is 9.89 Å². The van der Waals surface area contributed by atoms with Crippen molar-refractivity contribution in [1.82, 2.24) is 15.5 Å². The van der Waals surface area contributed by atoms with Crippen LogP contribution < -0.4 is 11.1 Å². The van der Waals surface area contributed by atoms with E-state index in [2.05, 4.69) is 15.5 Å². The number of H-pyrrole nitrogens is 1. The molecule has 0 unspecified atom stereocenters. The number of hydrogen-bond donors (Lipinski definition) is 4. The number of anilines is 1. The van der Waals surface area contributed by atoms with Crippen LogP contribution in [0.1, 0.15) is 36.2 Å². The van der Waals surface area contributed by atoms with E-state index in [1.807, 2.05) is 0 Å². The van der Waals surface area contributed by atoms with Crippen molar-refractivity contribution in [2.24, 2.45) is 5.41 Å². The van der Waals surface area contributed by atoms with Crippen molar-refractivity contribution in [2.45, 2.75) is 25.7 Å². The molecule has 1 aliphatic rings. The number of nitrogen functional groups attached to an aromatic ring is 1. The zero-order valence-electron chi connectivity index (χ0n) is 9.70. The Morgan fingerprint density at radius 2 is 2.29 bits per heavy atom. The molecular weight excluding hydrogens is 220 g/mol.